The van der Waals surface area contributed by atoms with E-state index in [2.05, 4.69) is 31.9 Å². The first kappa shape index (κ1) is 16.5. The van der Waals surface area contributed by atoms with E-state index in [9.17, 15) is 5.11 Å². The van der Waals surface area contributed by atoms with Crippen LogP contribution in [0.2, 0.25) is 0 Å². The van der Waals surface area contributed by atoms with Crippen LogP contribution in [0.1, 0.15) is 33.9 Å². The molecule has 0 aromatic heterocycles. The van der Waals surface area contributed by atoms with Crippen molar-refractivity contribution >= 4 is 31.9 Å². The second-order valence-corrected chi connectivity index (χ2v) is 6.92. The van der Waals surface area contributed by atoms with Crippen LogP contribution in [0.4, 0.5) is 0 Å². The van der Waals surface area contributed by atoms with E-state index in [1.807, 2.05) is 45.0 Å². The maximum absolute atomic E-state index is 10.9. The van der Waals surface area contributed by atoms with Crippen LogP contribution >= 0.6 is 31.9 Å². The zero-order valence-electron chi connectivity index (χ0n) is 12.5. The Morgan fingerprint density at radius 3 is 2.33 bits per heavy atom. The van der Waals surface area contributed by atoms with Gasteiger partial charge in [0, 0.05) is 14.5 Å². The Labute approximate surface area is 142 Å². The third-order valence-electron chi connectivity index (χ3n) is 3.72. The Balaban J connectivity index is 2.68. The number of halogens is 2. The van der Waals surface area contributed by atoms with Crippen molar-refractivity contribution in [3.05, 3.63) is 61.0 Å². The van der Waals surface area contributed by atoms with E-state index in [4.69, 9.17) is 4.74 Å². The summed E-state index contributed by atoms with van der Waals surface area (Å²) in [6.07, 6.45) is -0.728. The SMILES string of the molecule is COc1c(C)cc(Br)c(C)c1C(O)c1cc(Br)ccc1C. The van der Waals surface area contributed by atoms with Crippen LogP contribution in [0, 0.1) is 20.8 Å². The molecular weight excluding hydrogens is 396 g/mol. The van der Waals surface area contributed by atoms with E-state index in [1.165, 1.54) is 0 Å². The molecule has 0 heterocycles. The molecule has 4 heteroatoms. The highest BCUT2D eigenvalue weighted by Gasteiger charge is 2.22. The molecule has 2 nitrogen and oxygen atoms in total. The van der Waals surface area contributed by atoms with Gasteiger partial charge in [0.2, 0.25) is 0 Å². The van der Waals surface area contributed by atoms with Gasteiger partial charge in [-0.15, -0.1) is 0 Å². The first-order valence-corrected chi connectivity index (χ1v) is 8.23. The van der Waals surface area contributed by atoms with Crippen LogP contribution < -0.4 is 4.74 Å². The predicted octanol–water partition coefficient (Wildman–Crippen LogP) is 5.23. The van der Waals surface area contributed by atoms with Crippen LogP contribution in [0.5, 0.6) is 5.75 Å². The highest BCUT2D eigenvalue weighted by Crippen LogP contribution is 2.40. The number of aryl methyl sites for hydroxylation is 2. The minimum Gasteiger partial charge on any atom is -0.496 e. The lowest BCUT2D eigenvalue weighted by molar-refractivity contribution is 0.212. The average Bonchev–Trinajstić information content (AvgIpc) is 2.44. The smallest absolute Gasteiger partial charge is 0.128 e. The molecule has 21 heavy (non-hydrogen) atoms. The number of ether oxygens (including phenoxy) is 1. The van der Waals surface area contributed by atoms with Gasteiger partial charge in [0.15, 0.2) is 0 Å². The van der Waals surface area contributed by atoms with Gasteiger partial charge < -0.3 is 9.84 Å². The number of aliphatic hydroxyl groups excluding tert-OH is 1. The highest BCUT2D eigenvalue weighted by molar-refractivity contribution is 9.10. The predicted molar refractivity (Wildman–Crippen MR) is 93.1 cm³/mol. The summed E-state index contributed by atoms with van der Waals surface area (Å²) in [6, 6.07) is 7.93. The molecule has 1 unspecified atom stereocenters. The average molecular weight is 414 g/mol. The van der Waals surface area contributed by atoms with Crippen molar-refractivity contribution in [2.75, 3.05) is 7.11 Å². The summed E-state index contributed by atoms with van der Waals surface area (Å²) in [5, 5.41) is 10.9. The normalized spacial score (nSPS) is 12.3. The van der Waals surface area contributed by atoms with E-state index in [0.29, 0.717) is 0 Å². The minimum absolute atomic E-state index is 0.728. The molecule has 0 aliphatic rings. The lowest BCUT2D eigenvalue weighted by Crippen LogP contribution is -2.08. The maximum Gasteiger partial charge on any atom is 0.128 e. The number of hydrogen-bond donors (Lipinski definition) is 1. The molecule has 0 radical (unpaired) electrons. The van der Waals surface area contributed by atoms with E-state index >= 15 is 0 Å². The first-order chi connectivity index (χ1) is 9.86. The summed E-state index contributed by atoms with van der Waals surface area (Å²) in [7, 11) is 1.64. The number of rotatable bonds is 3. The Morgan fingerprint density at radius 2 is 1.71 bits per heavy atom. The van der Waals surface area contributed by atoms with Gasteiger partial charge in [0.25, 0.3) is 0 Å². The molecule has 2 aromatic carbocycles. The fourth-order valence-corrected chi connectivity index (χ4v) is 3.47. The van der Waals surface area contributed by atoms with Gasteiger partial charge in [-0.1, -0.05) is 37.9 Å². The molecule has 2 aromatic rings. The first-order valence-electron chi connectivity index (χ1n) is 6.64. The van der Waals surface area contributed by atoms with Crippen molar-refractivity contribution in [3.8, 4) is 5.75 Å². The van der Waals surface area contributed by atoms with E-state index in [1.54, 1.807) is 7.11 Å². The van der Waals surface area contributed by atoms with Gasteiger partial charge in [-0.05, 0) is 61.2 Å². The monoisotopic (exact) mass is 412 g/mol. The van der Waals surface area contributed by atoms with Gasteiger partial charge >= 0.3 is 0 Å². The van der Waals surface area contributed by atoms with Crippen molar-refractivity contribution < 1.29 is 9.84 Å². The Kier molecular flexibility index (Phi) is 5.12. The molecule has 0 amide bonds. The van der Waals surface area contributed by atoms with Gasteiger partial charge in [-0.2, -0.15) is 0 Å². The molecule has 112 valence electrons. The Morgan fingerprint density at radius 1 is 1.05 bits per heavy atom. The lowest BCUT2D eigenvalue weighted by atomic mass is 9.92. The van der Waals surface area contributed by atoms with Gasteiger partial charge in [-0.25, -0.2) is 0 Å². The van der Waals surface area contributed by atoms with E-state index in [0.717, 1.165) is 42.5 Å². The van der Waals surface area contributed by atoms with Crippen LogP contribution in [-0.4, -0.2) is 12.2 Å². The second-order valence-electron chi connectivity index (χ2n) is 5.15. The Bertz CT molecular complexity index is 681. The molecule has 1 N–H and O–H groups in total. The van der Waals surface area contributed by atoms with Crippen LogP contribution in [0.25, 0.3) is 0 Å². The largest absolute Gasteiger partial charge is 0.496 e. The van der Waals surface area contributed by atoms with Gasteiger partial charge in [0.1, 0.15) is 11.9 Å². The van der Waals surface area contributed by atoms with Crippen LogP contribution in [0.3, 0.4) is 0 Å². The van der Waals surface area contributed by atoms with Crippen molar-refractivity contribution in [1.82, 2.24) is 0 Å². The standard InChI is InChI=1S/C17H18Br2O2/c1-9-5-6-12(18)8-13(9)16(20)15-11(3)14(19)7-10(2)17(15)21-4/h5-8,16,20H,1-4H3. The van der Waals surface area contributed by atoms with Gasteiger partial charge in [0.05, 0.1) is 7.11 Å². The van der Waals surface area contributed by atoms with Gasteiger partial charge in [-0.3, -0.25) is 0 Å². The minimum atomic E-state index is -0.728. The summed E-state index contributed by atoms with van der Waals surface area (Å²) >= 11 is 7.03. The van der Waals surface area contributed by atoms with Crippen molar-refractivity contribution in [2.45, 2.75) is 26.9 Å². The Hall–Kier alpha value is -0.840. The third kappa shape index (κ3) is 3.17. The summed E-state index contributed by atoms with van der Waals surface area (Å²) in [5.74, 6) is 0.738. The number of methoxy groups -OCH3 is 1. The molecule has 0 saturated carbocycles. The molecule has 0 aliphatic heterocycles. The quantitative estimate of drug-likeness (QED) is 0.746. The molecule has 0 fully saturated rings. The van der Waals surface area contributed by atoms with Crippen molar-refractivity contribution in [3.63, 3.8) is 0 Å². The zero-order valence-corrected chi connectivity index (χ0v) is 15.7. The number of hydrogen-bond acceptors (Lipinski definition) is 2. The molecule has 0 spiro atoms. The number of aliphatic hydroxyl groups is 1. The fraction of sp³-hybridized carbons (Fsp3) is 0.294. The molecule has 0 bridgehead atoms. The lowest BCUT2D eigenvalue weighted by Gasteiger charge is -2.22. The third-order valence-corrected chi connectivity index (χ3v) is 5.04. The highest BCUT2D eigenvalue weighted by atomic mass is 79.9. The fourth-order valence-electron chi connectivity index (χ4n) is 2.54. The summed E-state index contributed by atoms with van der Waals surface area (Å²) in [5.41, 5.74) is 4.72. The molecular formula is C17H18Br2O2. The van der Waals surface area contributed by atoms with Crippen LogP contribution in [0.15, 0.2) is 33.2 Å². The van der Waals surface area contributed by atoms with Crippen molar-refractivity contribution in [2.24, 2.45) is 0 Å². The molecule has 0 aliphatic carbocycles. The number of benzene rings is 2. The molecule has 0 saturated heterocycles. The van der Waals surface area contributed by atoms with Crippen molar-refractivity contribution in [1.29, 1.82) is 0 Å². The van der Waals surface area contributed by atoms with E-state index < -0.39 is 6.10 Å². The molecule has 1 atom stereocenters. The summed E-state index contributed by atoms with van der Waals surface area (Å²) in [4.78, 5) is 0. The summed E-state index contributed by atoms with van der Waals surface area (Å²) in [6.45, 7) is 5.96. The van der Waals surface area contributed by atoms with Crippen LogP contribution in [-0.2, 0) is 0 Å². The maximum atomic E-state index is 10.9. The topological polar surface area (TPSA) is 29.5 Å². The van der Waals surface area contributed by atoms with E-state index in [-0.39, 0.29) is 0 Å². The zero-order chi connectivity index (χ0) is 15.7. The molecule has 2 rings (SSSR count). The summed E-state index contributed by atoms with van der Waals surface area (Å²) < 4.78 is 7.46. The second kappa shape index (κ2) is 6.51.